The molecular weight excluding hydrogens is 172 g/mol. The topological polar surface area (TPSA) is 64.4 Å². The molecule has 1 N–H and O–H groups in total. The summed E-state index contributed by atoms with van der Waals surface area (Å²) in [6.45, 7) is 0.703. The van der Waals surface area contributed by atoms with E-state index >= 15 is 0 Å². The normalized spacial score (nSPS) is 21.2. The first-order chi connectivity index (χ1) is 6.20. The van der Waals surface area contributed by atoms with Gasteiger partial charge in [0.1, 0.15) is 5.92 Å². The third-order valence-electron chi connectivity index (χ3n) is 2.23. The maximum Gasteiger partial charge on any atom is 0.314 e. The first-order valence-electron chi connectivity index (χ1n) is 4.01. The van der Waals surface area contributed by atoms with Crippen LogP contribution in [0.2, 0.25) is 0 Å². The number of carboxylic acid groups (broad SMARTS) is 1. The number of hydrogen-bond acceptors (Lipinski definition) is 3. The SMILES string of the molecule is Cn1ncc2c1C(C(=O)O)COC2. The first kappa shape index (κ1) is 8.25. The highest BCUT2D eigenvalue weighted by Gasteiger charge is 2.29. The van der Waals surface area contributed by atoms with Gasteiger partial charge in [-0.2, -0.15) is 5.10 Å². The number of ether oxygens (including phenoxy) is 1. The average molecular weight is 182 g/mol. The van der Waals surface area contributed by atoms with E-state index in [0.29, 0.717) is 6.61 Å². The van der Waals surface area contributed by atoms with Gasteiger partial charge in [0.25, 0.3) is 0 Å². The van der Waals surface area contributed by atoms with Crippen molar-refractivity contribution in [1.29, 1.82) is 0 Å². The molecule has 5 heteroatoms. The number of hydrogen-bond donors (Lipinski definition) is 1. The Labute approximate surface area is 74.9 Å². The summed E-state index contributed by atoms with van der Waals surface area (Å²) in [6, 6.07) is 0. The van der Waals surface area contributed by atoms with Crippen molar-refractivity contribution >= 4 is 5.97 Å². The van der Waals surface area contributed by atoms with Crippen LogP contribution >= 0.6 is 0 Å². The van der Waals surface area contributed by atoms with Gasteiger partial charge in [0.2, 0.25) is 0 Å². The van der Waals surface area contributed by atoms with E-state index in [1.807, 2.05) is 0 Å². The van der Waals surface area contributed by atoms with Crippen LogP contribution in [-0.4, -0.2) is 27.5 Å². The molecule has 1 atom stereocenters. The summed E-state index contributed by atoms with van der Waals surface area (Å²) in [5, 5.41) is 12.9. The summed E-state index contributed by atoms with van der Waals surface area (Å²) in [4.78, 5) is 10.8. The minimum atomic E-state index is -0.857. The maximum atomic E-state index is 10.8. The Balaban J connectivity index is 2.46. The van der Waals surface area contributed by atoms with Crippen LogP contribution in [0.4, 0.5) is 0 Å². The van der Waals surface area contributed by atoms with Crippen LogP contribution in [-0.2, 0) is 23.2 Å². The van der Waals surface area contributed by atoms with Crippen molar-refractivity contribution in [2.45, 2.75) is 12.5 Å². The molecule has 13 heavy (non-hydrogen) atoms. The summed E-state index contributed by atoms with van der Waals surface area (Å²) >= 11 is 0. The molecule has 0 spiro atoms. The second-order valence-electron chi connectivity index (χ2n) is 3.08. The molecule has 1 aromatic rings. The van der Waals surface area contributed by atoms with E-state index in [1.165, 1.54) is 0 Å². The van der Waals surface area contributed by atoms with Crippen LogP contribution in [0.5, 0.6) is 0 Å². The van der Waals surface area contributed by atoms with E-state index in [4.69, 9.17) is 9.84 Å². The molecule has 1 unspecified atom stereocenters. The largest absolute Gasteiger partial charge is 0.481 e. The number of carboxylic acids is 1. The van der Waals surface area contributed by atoms with E-state index in [1.54, 1.807) is 17.9 Å². The van der Waals surface area contributed by atoms with Crippen LogP contribution < -0.4 is 0 Å². The van der Waals surface area contributed by atoms with Crippen LogP contribution in [0.3, 0.4) is 0 Å². The molecule has 70 valence electrons. The van der Waals surface area contributed by atoms with E-state index in [-0.39, 0.29) is 6.61 Å². The molecule has 2 rings (SSSR count). The van der Waals surface area contributed by atoms with Crippen molar-refractivity contribution in [3.63, 3.8) is 0 Å². The van der Waals surface area contributed by atoms with Gasteiger partial charge in [-0.05, 0) is 0 Å². The zero-order chi connectivity index (χ0) is 9.42. The van der Waals surface area contributed by atoms with E-state index in [0.717, 1.165) is 11.3 Å². The van der Waals surface area contributed by atoms with Crippen LogP contribution in [0.25, 0.3) is 0 Å². The Hall–Kier alpha value is -1.36. The standard InChI is InChI=1S/C8H10N2O3/c1-10-7-5(2-9-10)3-13-4-6(7)8(11)12/h2,6H,3-4H2,1H3,(H,11,12). The third kappa shape index (κ3) is 1.21. The number of fused-ring (bicyclic) bond motifs is 1. The number of aryl methyl sites for hydroxylation is 1. The highest BCUT2D eigenvalue weighted by molar-refractivity contribution is 5.76. The quantitative estimate of drug-likeness (QED) is 0.670. The Morgan fingerprint density at radius 3 is 3.31 bits per heavy atom. The molecule has 0 aliphatic carbocycles. The van der Waals surface area contributed by atoms with Crippen molar-refractivity contribution < 1.29 is 14.6 Å². The van der Waals surface area contributed by atoms with Gasteiger partial charge in [-0.25, -0.2) is 0 Å². The van der Waals surface area contributed by atoms with Gasteiger partial charge in [-0.1, -0.05) is 0 Å². The van der Waals surface area contributed by atoms with Crippen molar-refractivity contribution in [3.8, 4) is 0 Å². The monoisotopic (exact) mass is 182 g/mol. The molecule has 0 saturated carbocycles. The van der Waals surface area contributed by atoms with Crippen molar-refractivity contribution in [2.75, 3.05) is 6.61 Å². The minimum Gasteiger partial charge on any atom is -0.481 e. The molecule has 0 aromatic carbocycles. The lowest BCUT2D eigenvalue weighted by atomic mass is 10.0. The predicted molar refractivity (Wildman–Crippen MR) is 43.2 cm³/mol. The van der Waals surface area contributed by atoms with Gasteiger partial charge in [-0.15, -0.1) is 0 Å². The molecule has 2 heterocycles. The lowest BCUT2D eigenvalue weighted by molar-refractivity contribution is -0.141. The summed E-state index contributed by atoms with van der Waals surface area (Å²) in [6.07, 6.45) is 1.66. The van der Waals surface area contributed by atoms with Gasteiger partial charge in [0, 0.05) is 12.6 Å². The number of aromatic nitrogens is 2. The first-order valence-corrected chi connectivity index (χ1v) is 4.01. The molecule has 1 aromatic heterocycles. The maximum absolute atomic E-state index is 10.8. The summed E-state index contributed by atoms with van der Waals surface area (Å²) in [5.41, 5.74) is 1.64. The summed E-state index contributed by atoms with van der Waals surface area (Å²) in [5.74, 6) is -1.43. The van der Waals surface area contributed by atoms with Gasteiger partial charge in [0.05, 0.1) is 25.1 Å². The smallest absolute Gasteiger partial charge is 0.314 e. The molecule has 0 amide bonds. The lowest BCUT2D eigenvalue weighted by Crippen LogP contribution is -2.25. The minimum absolute atomic E-state index is 0.238. The Morgan fingerprint density at radius 2 is 2.62 bits per heavy atom. The molecule has 1 aliphatic heterocycles. The van der Waals surface area contributed by atoms with Crippen LogP contribution in [0, 0.1) is 0 Å². The number of aliphatic carboxylic acids is 1. The summed E-state index contributed by atoms with van der Waals surface area (Å²) in [7, 11) is 1.75. The Morgan fingerprint density at radius 1 is 1.85 bits per heavy atom. The predicted octanol–water partition coefficient (Wildman–Crippen LogP) is 0.118. The van der Waals surface area contributed by atoms with Gasteiger partial charge in [0.15, 0.2) is 0 Å². The Bertz CT molecular complexity index is 345. The third-order valence-corrected chi connectivity index (χ3v) is 2.23. The van der Waals surface area contributed by atoms with Crippen molar-refractivity contribution in [2.24, 2.45) is 7.05 Å². The molecule has 1 aliphatic rings. The molecule has 0 fully saturated rings. The number of carbonyl (C=O) groups is 1. The van der Waals surface area contributed by atoms with Gasteiger partial charge < -0.3 is 9.84 Å². The fourth-order valence-corrected chi connectivity index (χ4v) is 1.61. The number of rotatable bonds is 1. The molecule has 0 radical (unpaired) electrons. The molecule has 0 saturated heterocycles. The Kier molecular flexibility index (Phi) is 1.81. The lowest BCUT2D eigenvalue weighted by Gasteiger charge is -2.19. The average Bonchev–Trinajstić information content (AvgIpc) is 2.48. The van der Waals surface area contributed by atoms with Crippen LogP contribution in [0.15, 0.2) is 6.20 Å². The van der Waals surface area contributed by atoms with Crippen molar-refractivity contribution in [3.05, 3.63) is 17.5 Å². The molecule has 5 nitrogen and oxygen atoms in total. The highest BCUT2D eigenvalue weighted by atomic mass is 16.5. The van der Waals surface area contributed by atoms with E-state index in [2.05, 4.69) is 5.10 Å². The number of nitrogens with zero attached hydrogens (tertiary/aromatic N) is 2. The fraction of sp³-hybridized carbons (Fsp3) is 0.500. The van der Waals surface area contributed by atoms with Crippen molar-refractivity contribution in [1.82, 2.24) is 9.78 Å². The zero-order valence-corrected chi connectivity index (χ0v) is 7.23. The van der Waals surface area contributed by atoms with Gasteiger partial charge in [-0.3, -0.25) is 9.48 Å². The van der Waals surface area contributed by atoms with E-state index in [9.17, 15) is 4.79 Å². The van der Waals surface area contributed by atoms with Crippen LogP contribution in [0.1, 0.15) is 17.2 Å². The summed E-state index contributed by atoms with van der Waals surface area (Å²) < 4.78 is 6.76. The molecular formula is C8H10N2O3. The highest BCUT2D eigenvalue weighted by Crippen LogP contribution is 2.25. The second-order valence-corrected chi connectivity index (χ2v) is 3.08. The second kappa shape index (κ2) is 2.85. The molecule has 0 bridgehead atoms. The zero-order valence-electron chi connectivity index (χ0n) is 7.23. The van der Waals surface area contributed by atoms with Gasteiger partial charge >= 0.3 is 5.97 Å². The fourth-order valence-electron chi connectivity index (χ4n) is 1.61. The van der Waals surface area contributed by atoms with E-state index < -0.39 is 11.9 Å².